The van der Waals surface area contributed by atoms with Crippen molar-refractivity contribution in [3.8, 4) is 0 Å². The molecule has 0 N–H and O–H groups in total. The Labute approximate surface area is 136 Å². The third-order valence-electron chi connectivity index (χ3n) is 4.49. The number of sulfone groups is 1. The van der Waals surface area contributed by atoms with Crippen LogP contribution in [0.2, 0.25) is 0 Å². The highest BCUT2D eigenvalue weighted by Gasteiger charge is 2.41. The number of rotatable bonds is 2. The largest absolute Gasteiger partial charge is 0.347 e. The second-order valence-electron chi connectivity index (χ2n) is 6.15. The molecule has 126 valence electrons. The topological polar surface area (TPSA) is 72.9 Å². The lowest BCUT2D eigenvalue weighted by Crippen LogP contribution is -2.47. The lowest BCUT2D eigenvalue weighted by Gasteiger charge is -2.37. The second kappa shape index (κ2) is 5.89. The predicted octanol–water partition coefficient (Wildman–Crippen LogP) is 1.38. The van der Waals surface area contributed by atoms with Crippen LogP contribution >= 0.6 is 0 Å². The lowest BCUT2D eigenvalue weighted by atomic mass is 10.0. The van der Waals surface area contributed by atoms with E-state index in [4.69, 9.17) is 9.47 Å². The highest BCUT2D eigenvalue weighted by atomic mass is 32.2. The van der Waals surface area contributed by atoms with Crippen molar-refractivity contribution in [3.05, 3.63) is 29.3 Å². The van der Waals surface area contributed by atoms with Gasteiger partial charge in [0.05, 0.1) is 18.1 Å². The van der Waals surface area contributed by atoms with Crippen LogP contribution in [-0.4, -0.2) is 57.6 Å². The summed E-state index contributed by atoms with van der Waals surface area (Å²) in [6.07, 6.45) is 2.43. The van der Waals surface area contributed by atoms with Crippen molar-refractivity contribution >= 4 is 15.7 Å². The third kappa shape index (κ3) is 3.27. The summed E-state index contributed by atoms with van der Waals surface area (Å²) in [5, 5.41) is 0. The molecule has 0 aromatic heterocycles. The summed E-state index contributed by atoms with van der Waals surface area (Å²) in [6.45, 7) is 4.10. The molecule has 1 aromatic rings. The number of aryl methyl sites for hydroxylation is 1. The maximum absolute atomic E-state index is 12.8. The normalized spacial score (nSPS) is 20.9. The minimum Gasteiger partial charge on any atom is -0.347 e. The Morgan fingerprint density at radius 3 is 2.35 bits per heavy atom. The number of carbonyl (C=O) groups is 1. The molecular weight excluding hydrogens is 318 g/mol. The summed E-state index contributed by atoms with van der Waals surface area (Å²) >= 11 is 0. The highest BCUT2D eigenvalue weighted by molar-refractivity contribution is 7.90. The Balaban J connectivity index is 1.78. The molecule has 7 heteroatoms. The number of carbonyl (C=O) groups excluding carboxylic acids is 1. The van der Waals surface area contributed by atoms with Gasteiger partial charge in [0.2, 0.25) is 0 Å². The molecule has 1 amide bonds. The molecule has 0 aliphatic carbocycles. The predicted molar refractivity (Wildman–Crippen MR) is 84.1 cm³/mol. The average Bonchev–Trinajstić information content (AvgIpc) is 2.95. The summed E-state index contributed by atoms with van der Waals surface area (Å²) < 4.78 is 34.7. The van der Waals surface area contributed by atoms with Gasteiger partial charge in [0, 0.05) is 37.8 Å². The van der Waals surface area contributed by atoms with E-state index in [-0.39, 0.29) is 10.8 Å². The van der Waals surface area contributed by atoms with Crippen LogP contribution in [0.5, 0.6) is 0 Å². The van der Waals surface area contributed by atoms with Gasteiger partial charge in [-0.05, 0) is 24.6 Å². The molecule has 1 aromatic carbocycles. The van der Waals surface area contributed by atoms with Gasteiger partial charge in [-0.1, -0.05) is 6.07 Å². The van der Waals surface area contributed by atoms with E-state index < -0.39 is 15.6 Å². The van der Waals surface area contributed by atoms with Crippen molar-refractivity contribution in [3.63, 3.8) is 0 Å². The van der Waals surface area contributed by atoms with Crippen molar-refractivity contribution in [2.75, 3.05) is 32.6 Å². The lowest BCUT2D eigenvalue weighted by molar-refractivity contribution is -0.181. The Bertz CT molecular complexity index is 712. The van der Waals surface area contributed by atoms with Crippen LogP contribution in [0.25, 0.3) is 0 Å². The minimum atomic E-state index is -3.34. The van der Waals surface area contributed by atoms with Crippen molar-refractivity contribution in [2.45, 2.75) is 30.4 Å². The summed E-state index contributed by atoms with van der Waals surface area (Å²) in [5.74, 6) is -0.665. The van der Waals surface area contributed by atoms with Crippen LogP contribution in [0.3, 0.4) is 0 Å². The quantitative estimate of drug-likeness (QED) is 0.814. The molecule has 2 aliphatic rings. The van der Waals surface area contributed by atoms with Crippen molar-refractivity contribution in [1.29, 1.82) is 0 Å². The average molecular weight is 339 g/mol. The number of likely N-dealkylation sites (tertiary alicyclic amines) is 1. The zero-order chi connectivity index (χ0) is 16.7. The van der Waals surface area contributed by atoms with Crippen LogP contribution in [0.15, 0.2) is 23.1 Å². The zero-order valence-corrected chi connectivity index (χ0v) is 14.2. The number of ether oxygens (including phenoxy) is 2. The van der Waals surface area contributed by atoms with Gasteiger partial charge in [-0.2, -0.15) is 0 Å². The molecule has 3 rings (SSSR count). The van der Waals surface area contributed by atoms with Gasteiger partial charge in [-0.25, -0.2) is 8.42 Å². The number of benzene rings is 1. The van der Waals surface area contributed by atoms with Gasteiger partial charge in [0.1, 0.15) is 0 Å². The van der Waals surface area contributed by atoms with Gasteiger partial charge in [-0.3, -0.25) is 4.79 Å². The molecule has 2 heterocycles. The monoisotopic (exact) mass is 339 g/mol. The van der Waals surface area contributed by atoms with Crippen molar-refractivity contribution < 1.29 is 22.7 Å². The fourth-order valence-electron chi connectivity index (χ4n) is 3.07. The standard InChI is InChI=1S/C16H21NO5S/c1-12-3-4-13(23(2,19)20)11-14(12)15(18)17-7-5-16(6-8-17)21-9-10-22-16/h3-4,11H,5-10H2,1-2H3. The molecule has 2 fully saturated rings. The first-order chi connectivity index (χ1) is 10.8. The van der Waals surface area contributed by atoms with Crippen LogP contribution in [0.4, 0.5) is 0 Å². The number of hydrogen-bond donors (Lipinski definition) is 0. The molecule has 6 nitrogen and oxygen atoms in total. The Morgan fingerprint density at radius 1 is 1.17 bits per heavy atom. The van der Waals surface area contributed by atoms with Gasteiger partial charge in [0.15, 0.2) is 15.6 Å². The SMILES string of the molecule is Cc1ccc(S(C)(=O)=O)cc1C(=O)N1CCC2(CC1)OCCO2. The van der Waals surface area contributed by atoms with E-state index in [0.29, 0.717) is 44.7 Å². The molecule has 0 unspecified atom stereocenters. The van der Waals surface area contributed by atoms with E-state index in [1.807, 2.05) is 6.92 Å². The zero-order valence-electron chi connectivity index (χ0n) is 13.4. The summed E-state index contributed by atoms with van der Waals surface area (Å²) in [6, 6.07) is 4.69. The van der Waals surface area contributed by atoms with Gasteiger partial charge in [-0.15, -0.1) is 0 Å². The molecule has 1 spiro atoms. The van der Waals surface area contributed by atoms with Crippen molar-refractivity contribution in [2.24, 2.45) is 0 Å². The first-order valence-electron chi connectivity index (χ1n) is 7.69. The maximum atomic E-state index is 12.8. The Hall–Kier alpha value is -1.44. The Morgan fingerprint density at radius 2 is 1.78 bits per heavy atom. The fraction of sp³-hybridized carbons (Fsp3) is 0.562. The van der Waals surface area contributed by atoms with E-state index in [0.717, 1.165) is 11.8 Å². The second-order valence-corrected chi connectivity index (χ2v) is 8.16. The number of amides is 1. The van der Waals surface area contributed by atoms with Crippen LogP contribution in [0, 0.1) is 6.92 Å². The van der Waals surface area contributed by atoms with E-state index in [1.54, 1.807) is 11.0 Å². The van der Waals surface area contributed by atoms with E-state index in [9.17, 15) is 13.2 Å². The molecule has 0 saturated carbocycles. The molecule has 23 heavy (non-hydrogen) atoms. The number of hydrogen-bond acceptors (Lipinski definition) is 5. The molecule has 0 radical (unpaired) electrons. The first-order valence-corrected chi connectivity index (χ1v) is 9.58. The third-order valence-corrected chi connectivity index (χ3v) is 5.60. The summed E-state index contributed by atoms with van der Waals surface area (Å²) in [5.41, 5.74) is 1.22. The van der Waals surface area contributed by atoms with E-state index >= 15 is 0 Å². The molecule has 0 atom stereocenters. The van der Waals surface area contributed by atoms with E-state index in [1.165, 1.54) is 12.1 Å². The van der Waals surface area contributed by atoms with Crippen molar-refractivity contribution in [1.82, 2.24) is 4.90 Å². The Kier molecular flexibility index (Phi) is 4.20. The fourth-order valence-corrected chi connectivity index (χ4v) is 3.72. The maximum Gasteiger partial charge on any atom is 0.254 e. The number of piperidine rings is 1. The van der Waals surface area contributed by atoms with Gasteiger partial charge < -0.3 is 14.4 Å². The van der Waals surface area contributed by atoms with Crippen LogP contribution < -0.4 is 0 Å². The molecular formula is C16H21NO5S. The summed E-state index contributed by atoms with van der Waals surface area (Å²) in [7, 11) is -3.34. The molecule has 2 saturated heterocycles. The summed E-state index contributed by atoms with van der Waals surface area (Å²) in [4.78, 5) is 14.7. The van der Waals surface area contributed by atoms with Gasteiger partial charge >= 0.3 is 0 Å². The molecule has 0 bridgehead atoms. The highest BCUT2D eigenvalue weighted by Crippen LogP contribution is 2.32. The minimum absolute atomic E-state index is 0.138. The first kappa shape index (κ1) is 16.4. The van der Waals surface area contributed by atoms with E-state index in [2.05, 4.69) is 0 Å². The van der Waals surface area contributed by atoms with Gasteiger partial charge in [0.25, 0.3) is 5.91 Å². The van der Waals surface area contributed by atoms with Crippen LogP contribution in [0.1, 0.15) is 28.8 Å². The number of nitrogens with zero attached hydrogens (tertiary/aromatic N) is 1. The van der Waals surface area contributed by atoms with Crippen LogP contribution in [-0.2, 0) is 19.3 Å². The molecule has 2 aliphatic heterocycles. The smallest absolute Gasteiger partial charge is 0.254 e.